The second-order valence-corrected chi connectivity index (χ2v) is 4.00. The first kappa shape index (κ1) is 10.3. The fourth-order valence-corrected chi connectivity index (χ4v) is 1.61. The minimum absolute atomic E-state index is 0.220. The molecule has 2 nitrogen and oxygen atoms in total. The number of nitrogens with one attached hydrogen (secondary N) is 1. The Hall–Kier alpha value is -0.790. The number of hydrogen-bond donors (Lipinski definition) is 1. The summed E-state index contributed by atoms with van der Waals surface area (Å²) in [6.45, 7) is 5.02. The van der Waals surface area contributed by atoms with Crippen molar-refractivity contribution in [3.05, 3.63) is 11.6 Å². The monoisotopic (exact) mass is 181 g/mol. The quantitative estimate of drug-likeness (QED) is 0.650. The predicted octanol–water partition coefficient (Wildman–Crippen LogP) is 2.26. The van der Waals surface area contributed by atoms with Crippen molar-refractivity contribution in [1.29, 1.82) is 0 Å². The number of carbonyl (C=O) groups is 1. The molecule has 0 radical (unpaired) electrons. The largest absolute Gasteiger partial charge is 0.356 e. The molecule has 1 heterocycles. The van der Waals surface area contributed by atoms with Gasteiger partial charge in [-0.25, -0.2) is 0 Å². The van der Waals surface area contributed by atoms with E-state index in [1.54, 1.807) is 0 Å². The van der Waals surface area contributed by atoms with Crippen LogP contribution in [0.1, 0.15) is 39.5 Å². The molecule has 1 N–H and O–H groups in total. The van der Waals surface area contributed by atoms with Crippen LogP contribution >= 0.6 is 0 Å². The molecule has 1 fully saturated rings. The molecule has 0 aliphatic carbocycles. The lowest BCUT2D eigenvalue weighted by atomic mass is 9.98. The van der Waals surface area contributed by atoms with E-state index in [1.807, 2.05) is 0 Å². The van der Waals surface area contributed by atoms with Crippen LogP contribution in [0, 0.1) is 5.92 Å². The molecule has 1 unspecified atom stereocenters. The predicted molar refractivity (Wildman–Crippen MR) is 54.4 cm³/mol. The Balaban J connectivity index is 2.45. The molecule has 1 rings (SSSR count). The summed E-state index contributed by atoms with van der Waals surface area (Å²) in [7, 11) is 0. The third kappa shape index (κ3) is 3.62. The summed E-state index contributed by atoms with van der Waals surface area (Å²) in [6, 6.07) is 0. The minimum atomic E-state index is 0.220. The fraction of sp³-hybridized carbons (Fsp3) is 0.727. The van der Waals surface area contributed by atoms with Crippen LogP contribution in [0.3, 0.4) is 0 Å². The second-order valence-electron chi connectivity index (χ2n) is 4.00. The molecule has 1 saturated heterocycles. The number of hydrogen-bond acceptors (Lipinski definition) is 1. The lowest BCUT2D eigenvalue weighted by Gasteiger charge is -2.10. The van der Waals surface area contributed by atoms with Crippen LogP contribution in [0.5, 0.6) is 0 Å². The van der Waals surface area contributed by atoms with Gasteiger partial charge in [0.25, 0.3) is 0 Å². The van der Waals surface area contributed by atoms with Gasteiger partial charge in [0.15, 0.2) is 0 Å². The Labute approximate surface area is 80.4 Å². The van der Waals surface area contributed by atoms with Crippen molar-refractivity contribution < 1.29 is 4.79 Å². The standard InChI is InChI=1S/C11H19NO/c1-9(2)6-7-10-5-3-4-8-12-11(10)13/h6,10H,3-5,7-8H2,1-2H3,(H,12,13). The van der Waals surface area contributed by atoms with Gasteiger partial charge in [0, 0.05) is 12.5 Å². The summed E-state index contributed by atoms with van der Waals surface area (Å²) in [4.78, 5) is 11.5. The Morgan fingerprint density at radius 2 is 2.31 bits per heavy atom. The molecule has 0 saturated carbocycles. The van der Waals surface area contributed by atoms with Crippen molar-refractivity contribution in [3.8, 4) is 0 Å². The van der Waals surface area contributed by atoms with E-state index in [0.717, 1.165) is 25.8 Å². The van der Waals surface area contributed by atoms with E-state index in [1.165, 1.54) is 12.0 Å². The summed E-state index contributed by atoms with van der Waals surface area (Å²) < 4.78 is 0. The highest BCUT2D eigenvalue weighted by Gasteiger charge is 2.18. The number of amides is 1. The maximum atomic E-state index is 11.5. The molecule has 0 aromatic rings. The molecular weight excluding hydrogens is 162 g/mol. The molecule has 1 aliphatic rings. The normalized spacial score (nSPS) is 23.2. The van der Waals surface area contributed by atoms with Crippen LogP contribution in [0.25, 0.3) is 0 Å². The van der Waals surface area contributed by atoms with Crippen molar-refractivity contribution in [2.75, 3.05) is 6.54 Å². The molecule has 0 bridgehead atoms. The molecule has 1 aliphatic heterocycles. The zero-order valence-corrected chi connectivity index (χ0v) is 8.60. The smallest absolute Gasteiger partial charge is 0.223 e. The first-order valence-corrected chi connectivity index (χ1v) is 5.11. The zero-order chi connectivity index (χ0) is 9.68. The topological polar surface area (TPSA) is 29.1 Å². The van der Waals surface area contributed by atoms with E-state index in [2.05, 4.69) is 25.2 Å². The Bertz CT molecular complexity index is 204. The lowest BCUT2D eigenvalue weighted by molar-refractivity contribution is -0.124. The van der Waals surface area contributed by atoms with E-state index in [-0.39, 0.29) is 11.8 Å². The van der Waals surface area contributed by atoms with Gasteiger partial charge in [-0.1, -0.05) is 18.1 Å². The van der Waals surface area contributed by atoms with Crippen LogP contribution in [-0.4, -0.2) is 12.5 Å². The Morgan fingerprint density at radius 3 is 3.00 bits per heavy atom. The number of rotatable bonds is 2. The zero-order valence-electron chi connectivity index (χ0n) is 8.60. The summed E-state index contributed by atoms with van der Waals surface area (Å²) in [6.07, 6.45) is 6.44. The molecule has 0 spiro atoms. The van der Waals surface area contributed by atoms with Crippen LogP contribution < -0.4 is 5.32 Å². The summed E-state index contributed by atoms with van der Waals surface area (Å²) in [5, 5.41) is 2.95. The maximum absolute atomic E-state index is 11.5. The van der Waals surface area contributed by atoms with E-state index in [9.17, 15) is 4.79 Å². The van der Waals surface area contributed by atoms with Crippen LogP contribution in [0.2, 0.25) is 0 Å². The second kappa shape index (κ2) is 5.05. The SMILES string of the molecule is CC(C)=CCC1CCCCNC1=O. The minimum Gasteiger partial charge on any atom is -0.356 e. The highest BCUT2D eigenvalue weighted by Crippen LogP contribution is 2.17. The fourth-order valence-electron chi connectivity index (χ4n) is 1.61. The van der Waals surface area contributed by atoms with Gasteiger partial charge in [-0.2, -0.15) is 0 Å². The van der Waals surface area contributed by atoms with Gasteiger partial charge >= 0.3 is 0 Å². The lowest BCUT2D eigenvalue weighted by Crippen LogP contribution is -2.28. The van der Waals surface area contributed by atoms with Gasteiger partial charge in [0.2, 0.25) is 5.91 Å². The molecule has 0 aromatic heterocycles. The molecule has 1 amide bonds. The van der Waals surface area contributed by atoms with E-state index in [0.29, 0.717) is 0 Å². The third-order valence-corrected chi connectivity index (χ3v) is 2.46. The molecule has 1 atom stereocenters. The van der Waals surface area contributed by atoms with E-state index < -0.39 is 0 Å². The van der Waals surface area contributed by atoms with E-state index in [4.69, 9.17) is 0 Å². The third-order valence-electron chi connectivity index (χ3n) is 2.46. The van der Waals surface area contributed by atoms with Crippen LogP contribution in [-0.2, 0) is 4.79 Å². The maximum Gasteiger partial charge on any atom is 0.223 e. The highest BCUT2D eigenvalue weighted by molar-refractivity contribution is 5.78. The first-order chi connectivity index (χ1) is 6.20. The molecule has 2 heteroatoms. The van der Waals surface area contributed by atoms with Gasteiger partial charge in [-0.15, -0.1) is 0 Å². The van der Waals surface area contributed by atoms with Gasteiger partial charge in [0.05, 0.1) is 0 Å². The van der Waals surface area contributed by atoms with Crippen molar-refractivity contribution in [3.63, 3.8) is 0 Å². The molecule has 74 valence electrons. The molecule has 13 heavy (non-hydrogen) atoms. The average Bonchev–Trinajstić information content (AvgIpc) is 2.27. The molecule has 0 aromatic carbocycles. The first-order valence-electron chi connectivity index (χ1n) is 5.11. The number of carbonyl (C=O) groups excluding carboxylic acids is 1. The summed E-state index contributed by atoms with van der Waals surface area (Å²) >= 11 is 0. The van der Waals surface area contributed by atoms with Gasteiger partial charge in [-0.05, 0) is 33.1 Å². The van der Waals surface area contributed by atoms with Crippen molar-refractivity contribution in [2.45, 2.75) is 39.5 Å². The summed E-state index contributed by atoms with van der Waals surface area (Å²) in [5.41, 5.74) is 1.30. The van der Waals surface area contributed by atoms with Crippen LogP contribution in [0.4, 0.5) is 0 Å². The van der Waals surface area contributed by atoms with Crippen molar-refractivity contribution in [1.82, 2.24) is 5.32 Å². The van der Waals surface area contributed by atoms with Gasteiger partial charge in [-0.3, -0.25) is 4.79 Å². The van der Waals surface area contributed by atoms with Crippen LogP contribution in [0.15, 0.2) is 11.6 Å². The average molecular weight is 181 g/mol. The van der Waals surface area contributed by atoms with E-state index >= 15 is 0 Å². The molecular formula is C11H19NO. The highest BCUT2D eigenvalue weighted by atomic mass is 16.1. The Morgan fingerprint density at radius 1 is 1.54 bits per heavy atom. The summed E-state index contributed by atoms with van der Waals surface area (Å²) in [5.74, 6) is 0.465. The number of allylic oxidation sites excluding steroid dienone is 2. The van der Waals surface area contributed by atoms with Gasteiger partial charge in [0.1, 0.15) is 0 Å². The van der Waals surface area contributed by atoms with Crippen molar-refractivity contribution >= 4 is 5.91 Å². The van der Waals surface area contributed by atoms with Gasteiger partial charge < -0.3 is 5.32 Å². The Kier molecular flexibility index (Phi) is 4.00. The van der Waals surface area contributed by atoms with Crippen molar-refractivity contribution in [2.24, 2.45) is 5.92 Å².